The molecule has 0 aliphatic heterocycles. The Hall–Kier alpha value is -3.54. The van der Waals surface area contributed by atoms with Crippen molar-refractivity contribution in [2.75, 3.05) is 25.4 Å². The van der Waals surface area contributed by atoms with Crippen molar-refractivity contribution in [3.63, 3.8) is 0 Å². The van der Waals surface area contributed by atoms with Crippen molar-refractivity contribution >= 4 is 40.9 Å². The summed E-state index contributed by atoms with van der Waals surface area (Å²) in [6, 6.07) is 3.66. The van der Waals surface area contributed by atoms with E-state index in [0.717, 1.165) is 17.0 Å². The molecule has 1 aromatic heterocycles. The van der Waals surface area contributed by atoms with E-state index in [2.05, 4.69) is 9.69 Å². The van der Waals surface area contributed by atoms with Gasteiger partial charge in [0.15, 0.2) is 5.69 Å². The first-order chi connectivity index (χ1) is 16.1. The van der Waals surface area contributed by atoms with Crippen LogP contribution < -0.4 is 16.8 Å². The van der Waals surface area contributed by atoms with Gasteiger partial charge in [-0.15, -0.1) is 0 Å². The number of aromatic nitrogens is 1. The van der Waals surface area contributed by atoms with Gasteiger partial charge in [0.2, 0.25) is 5.91 Å². The highest BCUT2D eigenvalue weighted by molar-refractivity contribution is 7.09. The van der Waals surface area contributed by atoms with E-state index in [1.807, 2.05) is 13.8 Å². The minimum atomic E-state index is -1.32. The maximum atomic E-state index is 13.6. The summed E-state index contributed by atoms with van der Waals surface area (Å²) in [4.78, 5) is 51.5. The molecule has 0 saturated carbocycles. The van der Waals surface area contributed by atoms with Crippen LogP contribution in [0.5, 0.6) is 0 Å². The second-order valence-electron chi connectivity index (χ2n) is 7.80. The van der Waals surface area contributed by atoms with Crippen LogP contribution in [0.4, 0.5) is 10.1 Å². The van der Waals surface area contributed by atoms with E-state index >= 15 is 0 Å². The highest BCUT2D eigenvalue weighted by atomic mass is 32.1. The van der Waals surface area contributed by atoms with Crippen LogP contribution >= 0.6 is 11.5 Å². The Bertz CT molecular complexity index is 1040. The number of benzene rings is 1. The number of esters is 1. The van der Waals surface area contributed by atoms with Crippen LogP contribution in [-0.2, 0) is 14.3 Å². The standard InChI is InChI=1S/C22H28FN5O5S/c1-4-33-15(29)11-28(22(32)19-16(24)17(20(25)30)27-34-19)18(13-5-7-14(23)8-6-13)21(31)26-10-9-12(2)3/h5-8,12,18H,4,9-11,24H2,1-3H3,(H2,25,30)(H,26,31)/t18-/m1/s1. The first kappa shape index (κ1) is 26.7. The molecule has 34 heavy (non-hydrogen) atoms. The second-order valence-corrected chi connectivity index (χ2v) is 8.58. The largest absolute Gasteiger partial charge is 0.465 e. The van der Waals surface area contributed by atoms with Crippen LogP contribution in [0, 0.1) is 11.7 Å². The summed E-state index contributed by atoms with van der Waals surface area (Å²) in [5.74, 6) is -3.33. The van der Waals surface area contributed by atoms with Crippen LogP contribution in [0.15, 0.2) is 24.3 Å². The van der Waals surface area contributed by atoms with Crippen molar-refractivity contribution in [1.82, 2.24) is 14.6 Å². The first-order valence-electron chi connectivity index (χ1n) is 10.6. The van der Waals surface area contributed by atoms with Gasteiger partial charge in [0.25, 0.3) is 11.8 Å². The molecular formula is C22H28FN5O5S. The molecule has 0 bridgehead atoms. The van der Waals surface area contributed by atoms with Gasteiger partial charge in [-0.25, -0.2) is 4.39 Å². The summed E-state index contributed by atoms with van der Waals surface area (Å²) in [7, 11) is 0. The normalized spacial score (nSPS) is 11.7. The molecule has 0 spiro atoms. The van der Waals surface area contributed by atoms with E-state index in [-0.39, 0.29) is 28.4 Å². The quantitative estimate of drug-likeness (QED) is 0.403. The minimum Gasteiger partial charge on any atom is -0.465 e. The number of carbonyl (C=O) groups is 4. The van der Waals surface area contributed by atoms with E-state index in [9.17, 15) is 23.6 Å². The predicted molar refractivity (Wildman–Crippen MR) is 124 cm³/mol. The number of ether oxygens (including phenoxy) is 1. The van der Waals surface area contributed by atoms with Crippen LogP contribution in [0.1, 0.15) is 59.0 Å². The Labute approximate surface area is 200 Å². The number of hydrogen-bond donors (Lipinski definition) is 3. The number of primary amides is 1. The summed E-state index contributed by atoms with van der Waals surface area (Å²) < 4.78 is 22.4. The Kier molecular flexibility index (Phi) is 9.48. The smallest absolute Gasteiger partial charge is 0.325 e. The molecular weight excluding hydrogens is 465 g/mol. The zero-order valence-corrected chi connectivity index (χ0v) is 20.0. The van der Waals surface area contributed by atoms with Crippen LogP contribution in [-0.4, -0.2) is 52.7 Å². The van der Waals surface area contributed by atoms with E-state index in [0.29, 0.717) is 30.4 Å². The summed E-state index contributed by atoms with van der Waals surface area (Å²) in [6.07, 6.45) is 0.678. The van der Waals surface area contributed by atoms with Crippen molar-refractivity contribution < 1.29 is 28.3 Å². The lowest BCUT2D eigenvalue weighted by atomic mass is 10.0. The number of hydrogen-bond acceptors (Lipinski definition) is 8. The molecule has 3 amide bonds. The third kappa shape index (κ3) is 6.73. The summed E-state index contributed by atoms with van der Waals surface area (Å²) in [6.45, 7) is 5.35. The highest BCUT2D eigenvalue weighted by Gasteiger charge is 2.36. The van der Waals surface area contributed by atoms with Crippen molar-refractivity contribution in [3.05, 3.63) is 46.2 Å². The van der Waals surface area contributed by atoms with E-state index in [1.165, 1.54) is 12.1 Å². The van der Waals surface area contributed by atoms with E-state index in [4.69, 9.17) is 16.2 Å². The monoisotopic (exact) mass is 493 g/mol. The van der Waals surface area contributed by atoms with E-state index in [1.54, 1.807) is 6.92 Å². The molecule has 0 aliphatic carbocycles. The lowest BCUT2D eigenvalue weighted by Gasteiger charge is -2.30. The zero-order valence-electron chi connectivity index (χ0n) is 19.2. The molecule has 1 aromatic carbocycles. The molecule has 0 aliphatic rings. The topological polar surface area (TPSA) is 158 Å². The Morgan fingerprint density at radius 2 is 1.85 bits per heavy atom. The maximum absolute atomic E-state index is 13.6. The third-order valence-corrected chi connectivity index (χ3v) is 5.64. The molecule has 0 fully saturated rings. The average molecular weight is 494 g/mol. The molecule has 2 rings (SSSR count). The van der Waals surface area contributed by atoms with Crippen LogP contribution in [0.25, 0.3) is 0 Å². The number of amides is 3. The molecule has 0 saturated heterocycles. The summed E-state index contributed by atoms with van der Waals surface area (Å²) in [5.41, 5.74) is 10.9. The Morgan fingerprint density at radius 3 is 2.38 bits per heavy atom. The number of halogens is 1. The molecule has 12 heteroatoms. The van der Waals surface area contributed by atoms with Gasteiger partial charge in [-0.05, 0) is 48.5 Å². The third-order valence-electron chi connectivity index (χ3n) is 4.79. The number of nitrogens with two attached hydrogens (primary N) is 2. The Balaban J connectivity index is 2.54. The fourth-order valence-electron chi connectivity index (χ4n) is 3.08. The molecule has 0 unspecified atom stereocenters. The SMILES string of the molecule is CCOC(=O)CN(C(=O)c1snc(C(N)=O)c1N)[C@@H](C(=O)NCCC(C)C)c1ccc(F)cc1. The first-order valence-corrected chi connectivity index (χ1v) is 11.4. The second kappa shape index (κ2) is 12.1. The average Bonchev–Trinajstić information content (AvgIpc) is 3.15. The fourth-order valence-corrected chi connectivity index (χ4v) is 3.85. The van der Waals surface area contributed by atoms with E-state index < -0.39 is 42.1 Å². The molecule has 184 valence electrons. The van der Waals surface area contributed by atoms with Crippen molar-refractivity contribution in [2.24, 2.45) is 11.7 Å². The summed E-state index contributed by atoms with van der Waals surface area (Å²) >= 11 is 0.619. The van der Waals surface area contributed by atoms with Gasteiger partial charge in [0.05, 0.1) is 12.3 Å². The molecule has 1 atom stereocenters. The van der Waals surface area contributed by atoms with Crippen molar-refractivity contribution in [3.8, 4) is 0 Å². The number of nitrogen functional groups attached to an aromatic ring is 1. The molecule has 1 heterocycles. The number of nitrogens with zero attached hydrogens (tertiary/aromatic N) is 2. The van der Waals surface area contributed by atoms with Crippen LogP contribution in [0.3, 0.4) is 0 Å². The Morgan fingerprint density at radius 1 is 1.21 bits per heavy atom. The molecule has 2 aromatic rings. The molecule has 5 N–H and O–H groups in total. The van der Waals surface area contributed by atoms with Gasteiger partial charge in [-0.2, -0.15) is 4.37 Å². The van der Waals surface area contributed by atoms with Crippen molar-refractivity contribution in [2.45, 2.75) is 33.2 Å². The van der Waals surface area contributed by atoms with Gasteiger partial charge in [0.1, 0.15) is 23.3 Å². The number of rotatable bonds is 11. The fraction of sp³-hybridized carbons (Fsp3) is 0.409. The molecule has 10 nitrogen and oxygen atoms in total. The molecule has 0 radical (unpaired) electrons. The summed E-state index contributed by atoms with van der Waals surface area (Å²) in [5, 5.41) is 2.76. The van der Waals surface area contributed by atoms with Crippen LogP contribution in [0.2, 0.25) is 0 Å². The van der Waals surface area contributed by atoms with Gasteiger partial charge < -0.3 is 26.4 Å². The lowest BCUT2D eigenvalue weighted by molar-refractivity contribution is -0.144. The number of carbonyl (C=O) groups excluding carboxylic acids is 4. The van der Waals surface area contributed by atoms with Gasteiger partial charge in [-0.1, -0.05) is 26.0 Å². The van der Waals surface area contributed by atoms with Gasteiger partial charge in [-0.3, -0.25) is 19.2 Å². The van der Waals surface area contributed by atoms with Gasteiger partial charge in [0, 0.05) is 6.54 Å². The zero-order chi connectivity index (χ0) is 25.4. The van der Waals surface area contributed by atoms with Gasteiger partial charge >= 0.3 is 5.97 Å². The minimum absolute atomic E-state index is 0.0528. The lowest BCUT2D eigenvalue weighted by Crippen LogP contribution is -2.46. The predicted octanol–water partition coefficient (Wildman–Crippen LogP) is 1.87. The maximum Gasteiger partial charge on any atom is 0.325 e. The van der Waals surface area contributed by atoms with Crippen molar-refractivity contribution in [1.29, 1.82) is 0 Å². The highest BCUT2D eigenvalue weighted by Crippen LogP contribution is 2.29. The number of anilines is 1. The number of nitrogens with one attached hydrogen (secondary N) is 1.